The van der Waals surface area contributed by atoms with Gasteiger partial charge in [0.15, 0.2) is 0 Å². The lowest BCUT2D eigenvalue weighted by atomic mass is 10.0. The average Bonchev–Trinajstić information content (AvgIpc) is 1.78. The van der Waals surface area contributed by atoms with Gasteiger partial charge in [0, 0.05) is 6.42 Å². The smallest absolute Gasteiger partial charge is 0.323 e. The zero-order valence-corrected chi connectivity index (χ0v) is 9.56. The molecule has 0 rings (SSSR count). The van der Waals surface area contributed by atoms with Gasteiger partial charge in [0.25, 0.3) is 0 Å². The molecule has 0 bridgehead atoms. The fraction of sp³-hybridized carbons (Fsp3) is 0.900. The SMILES string of the molecule is CC(C)(F)C[C@H](N)C(=O)OC(C)(C)C. The number of rotatable bonds is 3. The highest BCUT2D eigenvalue weighted by molar-refractivity contribution is 5.76. The molecule has 14 heavy (non-hydrogen) atoms. The van der Waals surface area contributed by atoms with Crippen LogP contribution in [0.3, 0.4) is 0 Å². The van der Waals surface area contributed by atoms with E-state index in [-0.39, 0.29) is 6.42 Å². The number of ether oxygens (including phenoxy) is 1. The van der Waals surface area contributed by atoms with Crippen LogP contribution in [-0.4, -0.2) is 23.3 Å². The van der Waals surface area contributed by atoms with Crippen molar-refractivity contribution in [2.24, 2.45) is 5.73 Å². The number of nitrogens with two attached hydrogens (primary N) is 1. The number of hydrogen-bond donors (Lipinski definition) is 1. The van der Waals surface area contributed by atoms with Crippen LogP contribution in [0.25, 0.3) is 0 Å². The fourth-order valence-electron chi connectivity index (χ4n) is 0.984. The summed E-state index contributed by atoms with van der Waals surface area (Å²) in [7, 11) is 0. The number of carbonyl (C=O) groups is 1. The molecule has 0 aromatic carbocycles. The van der Waals surface area contributed by atoms with Gasteiger partial charge in [-0.05, 0) is 34.6 Å². The minimum Gasteiger partial charge on any atom is -0.459 e. The van der Waals surface area contributed by atoms with Crippen molar-refractivity contribution in [3.63, 3.8) is 0 Å². The first-order chi connectivity index (χ1) is 6.01. The maximum Gasteiger partial charge on any atom is 0.323 e. The zero-order chi connectivity index (χ0) is 11.6. The van der Waals surface area contributed by atoms with Crippen molar-refractivity contribution in [1.82, 2.24) is 0 Å². The van der Waals surface area contributed by atoms with Gasteiger partial charge in [-0.25, -0.2) is 4.39 Å². The lowest BCUT2D eigenvalue weighted by Crippen LogP contribution is -2.40. The Hall–Kier alpha value is -0.640. The molecule has 4 heteroatoms. The third-order valence-electron chi connectivity index (χ3n) is 1.41. The number of alkyl halides is 1. The molecule has 0 heterocycles. The second kappa shape index (κ2) is 4.26. The minimum absolute atomic E-state index is 0.0259. The molecule has 0 amide bonds. The molecule has 0 saturated heterocycles. The van der Waals surface area contributed by atoms with E-state index in [9.17, 15) is 9.18 Å². The van der Waals surface area contributed by atoms with Crippen LogP contribution in [0.4, 0.5) is 4.39 Å². The van der Waals surface area contributed by atoms with Gasteiger partial charge < -0.3 is 10.5 Å². The predicted octanol–water partition coefficient (Wildman–Crippen LogP) is 1.79. The van der Waals surface area contributed by atoms with Crippen molar-refractivity contribution >= 4 is 5.97 Å². The minimum atomic E-state index is -1.45. The largest absolute Gasteiger partial charge is 0.459 e. The second-order valence-electron chi connectivity index (χ2n) is 5.06. The molecule has 0 saturated carbocycles. The molecular formula is C10H20FNO2. The molecule has 0 aromatic heterocycles. The monoisotopic (exact) mass is 205 g/mol. The molecule has 2 N–H and O–H groups in total. The van der Waals surface area contributed by atoms with Gasteiger partial charge in [-0.1, -0.05) is 0 Å². The van der Waals surface area contributed by atoms with Gasteiger partial charge in [0.2, 0.25) is 0 Å². The molecule has 0 aliphatic carbocycles. The van der Waals surface area contributed by atoms with Gasteiger partial charge in [-0.3, -0.25) is 4.79 Å². The summed E-state index contributed by atoms with van der Waals surface area (Å²) in [5.41, 5.74) is 3.47. The quantitative estimate of drug-likeness (QED) is 0.715. The van der Waals surface area contributed by atoms with Gasteiger partial charge in [-0.15, -0.1) is 0 Å². The first-order valence-electron chi connectivity index (χ1n) is 4.69. The number of esters is 1. The number of hydrogen-bond acceptors (Lipinski definition) is 3. The molecule has 0 aromatic rings. The van der Waals surface area contributed by atoms with E-state index >= 15 is 0 Å². The molecule has 0 unspecified atom stereocenters. The maximum absolute atomic E-state index is 13.1. The normalized spacial score (nSPS) is 15.1. The molecule has 84 valence electrons. The Morgan fingerprint density at radius 1 is 1.36 bits per heavy atom. The highest BCUT2D eigenvalue weighted by Gasteiger charge is 2.28. The van der Waals surface area contributed by atoms with Crippen LogP contribution in [0.2, 0.25) is 0 Å². The summed E-state index contributed by atoms with van der Waals surface area (Å²) in [6.07, 6.45) is -0.0259. The van der Waals surface area contributed by atoms with E-state index in [1.165, 1.54) is 13.8 Å². The molecule has 0 spiro atoms. The molecular weight excluding hydrogens is 185 g/mol. The highest BCUT2D eigenvalue weighted by Crippen LogP contribution is 2.17. The number of carbonyl (C=O) groups excluding carboxylic acids is 1. The lowest BCUT2D eigenvalue weighted by Gasteiger charge is -2.24. The average molecular weight is 205 g/mol. The molecule has 0 fully saturated rings. The summed E-state index contributed by atoms with van der Waals surface area (Å²) >= 11 is 0. The topological polar surface area (TPSA) is 52.3 Å². The van der Waals surface area contributed by atoms with Gasteiger partial charge in [0.1, 0.15) is 17.3 Å². The first kappa shape index (κ1) is 13.4. The third-order valence-corrected chi connectivity index (χ3v) is 1.41. The van der Waals surface area contributed by atoms with Crippen LogP contribution in [0.15, 0.2) is 0 Å². The first-order valence-corrected chi connectivity index (χ1v) is 4.69. The van der Waals surface area contributed by atoms with Crippen molar-refractivity contribution in [2.45, 2.75) is 58.4 Å². The van der Waals surface area contributed by atoms with E-state index in [1.807, 2.05) is 0 Å². The summed E-state index contributed by atoms with van der Waals surface area (Å²) in [5, 5.41) is 0. The summed E-state index contributed by atoms with van der Waals surface area (Å²) in [6.45, 7) is 8.02. The Kier molecular flexibility index (Phi) is 4.06. The van der Waals surface area contributed by atoms with E-state index in [0.717, 1.165) is 0 Å². The van der Waals surface area contributed by atoms with Crippen molar-refractivity contribution in [3.8, 4) is 0 Å². The Morgan fingerprint density at radius 3 is 2.07 bits per heavy atom. The van der Waals surface area contributed by atoms with Crippen LogP contribution >= 0.6 is 0 Å². The Balaban J connectivity index is 4.15. The predicted molar refractivity (Wildman–Crippen MR) is 53.6 cm³/mol. The van der Waals surface area contributed by atoms with Crippen molar-refractivity contribution in [1.29, 1.82) is 0 Å². The Morgan fingerprint density at radius 2 is 1.79 bits per heavy atom. The Bertz CT molecular complexity index is 203. The second-order valence-corrected chi connectivity index (χ2v) is 5.06. The number of halogens is 1. The van der Waals surface area contributed by atoms with E-state index in [4.69, 9.17) is 10.5 Å². The summed E-state index contributed by atoms with van der Waals surface area (Å²) in [4.78, 5) is 11.3. The lowest BCUT2D eigenvalue weighted by molar-refractivity contribution is -0.157. The van der Waals surface area contributed by atoms with Crippen molar-refractivity contribution < 1.29 is 13.9 Å². The van der Waals surface area contributed by atoms with Crippen LogP contribution < -0.4 is 5.73 Å². The third kappa shape index (κ3) is 6.83. The highest BCUT2D eigenvalue weighted by atomic mass is 19.1. The molecule has 0 radical (unpaired) electrons. The van der Waals surface area contributed by atoms with E-state index < -0.39 is 23.3 Å². The summed E-state index contributed by atoms with van der Waals surface area (Å²) in [5.74, 6) is -0.553. The van der Waals surface area contributed by atoms with Crippen LogP contribution in [0.5, 0.6) is 0 Å². The van der Waals surface area contributed by atoms with Gasteiger partial charge in [-0.2, -0.15) is 0 Å². The zero-order valence-electron chi connectivity index (χ0n) is 9.56. The molecule has 0 aliphatic rings. The van der Waals surface area contributed by atoms with E-state index in [1.54, 1.807) is 20.8 Å². The van der Waals surface area contributed by atoms with Crippen molar-refractivity contribution in [3.05, 3.63) is 0 Å². The van der Waals surface area contributed by atoms with Crippen LogP contribution in [0.1, 0.15) is 41.0 Å². The molecule has 1 atom stereocenters. The van der Waals surface area contributed by atoms with E-state index in [0.29, 0.717) is 0 Å². The van der Waals surface area contributed by atoms with Crippen molar-refractivity contribution in [2.75, 3.05) is 0 Å². The summed E-state index contributed by atoms with van der Waals surface area (Å²) < 4.78 is 18.2. The molecule has 3 nitrogen and oxygen atoms in total. The van der Waals surface area contributed by atoms with E-state index in [2.05, 4.69) is 0 Å². The maximum atomic E-state index is 13.1. The van der Waals surface area contributed by atoms with Gasteiger partial charge >= 0.3 is 5.97 Å². The Labute approximate surface area is 84.8 Å². The fourth-order valence-corrected chi connectivity index (χ4v) is 0.984. The summed E-state index contributed by atoms with van der Waals surface area (Å²) in [6, 6.07) is -0.894. The standard InChI is InChI=1S/C10H20FNO2/c1-9(2,3)14-8(13)7(12)6-10(4,5)11/h7H,6,12H2,1-5H3/t7-/m0/s1. The van der Waals surface area contributed by atoms with Crippen LogP contribution in [-0.2, 0) is 9.53 Å². The van der Waals surface area contributed by atoms with Gasteiger partial charge in [0.05, 0.1) is 0 Å². The molecule has 0 aliphatic heterocycles. The van der Waals surface area contributed by atoms with Crippen LogP contribution in [0, 0.1) is 0 Å².